The number of piperidine rings is 1. The predicted molar refractivity (Wildman–Crippen MR) is 108 cm³/mol. The van der Waals surface area contributed by atoms with Crippen molar-refractivity contribution in [2.45, 2.75) is 44.8 Å². The Hall–Kier alpha value is -1.86. The van der Waals surface area contributed by atoms with Crippen LogP contribution in [0.2, 0.25) is 0 Å². The Bertz CT molecular complexity index is 821. The average Bonchev–Trinajstić information content (AvgIpc) is 3.05. The molecule has 2 aromatic rings. The van der Waals surface area contributed by atoms with Crippen LogP contribution < -0.4 is 4.90 Å². The summed E-state index contributed by atoms with van der Waals surface area (Å²) in [5.41, 5.74) is -0.669. The van der Waals surface area contributed by atoms with E-state index < -0.39 is 5.60 Å². The molecule has 146 valence electrons. The second kappa shape index (κ2) is 6.95. The van der Waals surface area contributed by atoms with Crippen molar-refractivity contribution in [2.75, 3.05) is 37.7 Å². The van der Waals surface area contributed by atoms with Crippen LogP contribution in [0.4, 0.5) is 10.6 Å². The molecule has 2 fully saturated rings. The molecule has 1 amide bonds. The van der Waals surface area contributed by atoms with Crippen LogP contribution in [0.25, 0.3) is 10.1 Å². The van der Waals surface area contributed by atoms with Crippen LogP contribution in [0.3, 0.4) is 0 Å². The number of rotatable bonds is 1. The summed E-state index contributed by atoms with van der Waals surface area (Å²) in [6.45, 7) is 9.40. The number of fused-ring (bicyclic) bond motifs is 1. The molecule has 0 unspecified atom stereocenters. The molecule has 2 aliphatic rings. The van der Waals surface area contributed by atoms with Crippen molar-refractivity contribution in [3.63, 3.8) is 0 Å². The Labute approximate surface area is 164 Å². The Morgan fingerprint density at radius 3 is 2.70 bits per heavy atom. The molecule has 27 heavy (non-hydrogen) atoms. The van der Waals surface area contributed by atoms with E-state index in [2.05, 4.69) is 29.2 Å². The summed E-state index contributed by atoms with van der Waals surface area (Å²) >= 11 is 1.55. The fourth-order valence-corrected chi connectivity index (χ4v) is 4.65. The summed E-state index contributed by atoms with van der Waals surface area (Å²) in [5, 5.41) is 1.21. The predicted octanol–water partition coefficient (Wildman–Crippen LogP) is 3.90. The van der Waals surface area contributed by atoms with Gasteiger partial charge < -0.3 is 19.3 Å². The first-order chi connectivity index (χ1) is 12.9. The number of ether oxygens (including phenoxy) is 2. The van der Waals surface area contributed by atoms with Gasteiger partial charge in [-0.25, -0.2) is 4.79 Å². The van der Waals surface area contributed by atoms with Gasteiger partial charge in [-0.05, 0) is 57.3 Å². The fraction of sp³-hybridized carbons (Fsp3) is 0.600. The average molecular weight is 390 g/mol. The third-order valence-electron chi connectivity index (χ3n) is 5.23. The number of anilines is 1. The molecule has 4 rings (SSSR count). The van der Waals surface area contributed by atoms with E-state index in [9.17, 15) is 4.79 Å². The van der Waals surface area contributed by atoms with E-state index in [4.69, 9.17) is 13.8 Å². The molecule has 2 aliphatic heterocycles. The van der Waals surface area contributed by atoms with E-state index in [1.165, 1.54) is 10.1 Å². The van der Waals surface area contributed by atoms with Crippen molar-refractivity contribution < 1.29 is 14.3 Å². The Kier molecular flexibility index (Phi) is 4.76. The van der Waals surface area contributed by atoms with E-state index >= 15 is 0 Å². The molecule has 2 saturated heterocycles. The second-order valence-electron chi connectivity index (χ2n) is 8.42. The minimum atomic E-state index is -0.462. The molecule has 1 aromatic carbocycles. The third-order valence-corrected chi connectivity index (χ3v) is 6.05. The first-order valence-corrected chi connectivity index (χ1v) is 10.3. The molecule has 0 atom stereocenters. The number of hydrogen-bond acceptors (Lipinski definition) is 6. The van der Waals surface area contributed by atoms with Crippen molar-refractivity contribution in [1.29, 1.82) is 0 Å². The van der Waals surface area contributed by atoms with Crippen molar-refractivity contribution >= 4 is 33.5 Å². The van der Waals surface area contributed by atoms with Gasteiger partial charge in [0.25, 0.3) is 0 Å². The van der Waals surface area contributed by atoms with Crippen molar-refractivity contribution in [3.05, 3.63) is 24.3 Å². The quantitative estimate of drug-likeness (QED) is 0.740. The van der Waals surface area contributed by atoms with Gasteiger partial charge in [0.15, 0.2) is 0 Å². The van der Waals surface area contributed by atoms with E-state index in [-0.39, 0.29) is 11.7 Å². The lowest BCUT2D eigenvalue weighted by atomic mass is 9.89. The lowest BCUT2D eigenvalue weighted by Gasteiger charge is -2.47. The van der Waals surface area contributed by atoms with E-state index in [0.29, 0.717) is 19.7 Å². The van der Waals surface area contributed by atoms with Crippen LogP contribution >= 0.6 is 11.5 Å². The number of carbonyl (C=O) groups excluding carboxylic acids is 1. The number of aromatic nitrogens is 1. The van der Waals surface area contributed by atoms with Crippen LogP contribution in [0.15, 0.2) is 24.3 Å². The van der Waals surface area contributed by atoms with Gasteiger partial charge in [-0.2, -0.15) is 4.37 Å². The van der Waals surface area contributed by atoms with Crippen LogP contribution in [0.1, 0.15) is 33.6 Å². The van der Waals surface area contributed by atoms with Gasteiger partial charge in [0.05, 0.1) is 16.9 Å². The topological polar surface area (TPSA) is 54.9 Å². The standard InChI is InChI=1S/C20H27N3O3S/c1-19(2,3)26-18(24)22-10-8-20(9-11-22)14-23(12-13-25-20)17-15-6-4-5-7-16(15)27-21-17/h4-7H,8-14H2,1-3H3. The maximum atomic E-state index is 12.3. The highest BCUT2D eigenvalue weighted by Crippen LogP contribution is 2.36. The summed E-state index contributed by atoms with van der Waals surface area (Å²) < 4.78 is 17.7. The molecule has 1 spiro atoms. The second-order valence-corrected chi connectivity index (χ2v) is 9.23. The number of carbonyl (C=O) groups is 1. The lowest BCUT2D eigenvalue weighted by molar-refractivity contribution is -0.0913. The molecule has 0 bridgehead atoms. The molecule has 3 heterocycles. The molecule has 7 heteroatoms. The van der Waals surface area contributed by atoms with Crippen LogP contribution in [-0.2, 0) is 9.47 Å². The van der Waals surface area contributed by atoms with Crippen molar-refractivity contribution in [1.82, 2.24) is 9.27 Å². The summed E-state index contributed by atoms with van der Waals surface area (Å²) in [4.78, 5) is 16.5. The lowest BCUT2D eigenvalue weighted by Crippen LogP contribution is -2.58. The Morgan fingerprint density at radius 2 is 1.96 bits per heavy atom. The van der Waals surface area contributed by atoms with Crippen LogP contribution in [0.5, 0.6) is 0 Å². The first kappa shape index (κ1) is 18.5. The van der Waals surface area contributed by atoms with Crippen molar-refractivity contribution in [2.24, 2.45) is 0 Å². The number of benzene rings is 1. The SMILES string of the molecule is CC(C)(C)OC(=O)N1CCC2(CC1)CN(c1nsc3ccccc13)CCO2. The van der Waals surface area contributed by atoms with Gasteiger partial charge in [-0.1, -0.05) is 12.1 Å². The zero-order chi connectivity index (χ0) is 19.1. The molecule has 1 aromatic heterocycles. The zero-order valence-electron chi connectivity index (χ0n) is 16.2. The fourth-order valence-electron chi connectivity index (χ4n) is 3.85. The number of amides is 1. The normalized spacial score (nSPS) is 20.3. The van der Waals surface area contributed by atoms with Gasteiger partial charge in [-0.15, -0.1) is 0 Å². The highest BCUT2D eigenvalue weighted by Gasteiger charge is 2.42. The Balaban J connectivity index is 1.44. The highest BCUT2D eigenvalue weighted by molar-refractivity contribution is 7.13. The maximum Gasteiger partial charge on any atom is 0.410 e. The molecule has 0 N–H and O–H groups in total. The van der Waals surface area contributed by atoms with Crippen LogP contribution in [0, 0.1) is 0 Å². The number of nitrogens with zero attached hydrogens (tertiary/aromatic N) is 3. The molecule has 0 radical (unpaired) electrons. The monoisotopic (exact) mass is 389 g/mol. The summed E-state index contributed by atoms with van der Waals surface area (Å²) in [6, 6.07) is 8.38. The van der Waals surface area contributed by atoms with E-state index in [0.717, 1.165) is 31.7 Å². The zero-order valence-corrected chi connectivity index (χ0v) is 17.1. The van der Waals surface area contributed by atoms with Crippen LogP contribution in [-0.4, -0.2) is 59.4 Å². The minimum Gasteiger partial charge on any atom is -0.444 e. The smallest absolute Gasteiger partial charge is 0.410 e. The minimum absolute atomic E-state index is 0.207. The maximum absolute atomic E-state index is 12.3. The summed E-state index contributed by atoms with van der Waals surface area (Å²) in [7, 11) is 0. The molecule has 0 aliphatic carbocycles. The first-order valence-electron chi connectivity index (χ1n) is 9.57. The van der Waals surface area contributed by atoms with E-state index in [1.54, 1.807) is 16.4 Å². The molecule has 6 nitrogen and oxygen atoms in total. The summed E-state index contributed by atoms with van der Waals surface area (Å²) in [6.07, 6.45) is 1.42. The van der Waals surface area contributed by atoms with Gasteiger partial charge in [0.2, 0.25) is 0 Å². The molecular weight excluding hydrogens is 362 g/mol. The number of hydrogen-bond donors (Lipinski definition) is 0. The highest BCUT2D eigenvalue weighted by atomic mass is 32.1. The van der Waals surface area contributed by atoms with Gasteiger partial charge in [-0.3, -0.25) is 0 Å². The summed E-state index contributed by atoms with van der Waals surface area (Å²) in [5.74, 6) is 1.06. The number of morpholine rings is 1. The molecule has 0 saturated carbocycles. The van der Waals surface area contributed by atoms with Gasteiger partial charge in [0, 0.05) is 31.6 Å². The Morgan fingerprint density at radius 1 is 1.22 bits per heavy atom. The van der Waals surface area contributed by atoms with E-state index in [1.807, 2.05) is 20.8 Å². The van der Waals surface area contributed by atoms with Gasteiger partial charge >= 0.3 is 6.09 Å². The van der Waals surface area contributed by atoms with Gasteiger partial charge in [0.1, 0.15) is 11.4 Å². The van der Waals surface area contributed by atoms with Crippen molar-refractivity contribution in [3.8, 4) is 0 Å². The number of likely N-dealkylation sites (tertiary alicyclic amines) is 1. The largest absolute Gasteiger partial charge is 0.444 e. The third kappa shape index (κ3) is 3.89. The molecular formula is C20H27N3O3S.